The maximum absolute atomic E-state index is 11.7. The highest BCUT2D eigenvalue weighted by Gasteiger charge is 2.12. The van der Waals surface area contributed by atoms with Gasteiger partial charge in [0.1, 0.15) is 0 Å². The van der Waals surface area contributed by atoms with Crippen LogP contribution in [0.5, 0.6) is 0 Å². The predicted octanol–water partition coefficient (Wildman–Crippen LogP) is 3.39. The molecule has 0 radical (unpaired) electrons. The number of hydrazone groups is 1. The summed E-state index contributed by atoms with van der Waals surface area (Å²) < 4.78 is 0. The van der Waals surface area contributed by atoms with E-state index in [1.165, 1.54) is 6.21 Å². The fourth-order valence-corrected chi connectivity index (χ4v) is 2.16. The molecule has 0 spiro atoms. The van der Waals surface area contributed by atoms with E-state index >= 15 is 0 Å². The lowest BCUT2D eigenvalue weighted by Gasteiger charge is -2.04. The Labute approximate surface area is 143 Å². The summed E-state index contributed by atoms with van der Waals surface area (Å²) in [5.41, 5.74) is 4.14. The van der Waals surface area contributed by atoms with Crippen LogP contribution >= 0.6 is 23.2 Å². The Hall–Kier alpha value is -2.37. The Kier molecular flexibility index (Phi) is 5.73. The summed E-state index contributed by atoms with van der Waals surface area (Å²) in [4.78, 5) is 23.4. The number of anilines is 1. The van der Waals surface area contributed by atoms with Crippen molar-refractivity contribution in [2.45, 2.75) is 6.92 Å². The van der Waals surface area contributed by atoms with Gasteiger partial charge >= 0.3 is 11.8 Å². The van der Waals surface area contributed by atoms with Crippen molar-refractivity contribution in [3.8, 4) is 0 Å². The first-order valence-electron chi connectivity index (χ1n) is 6.62. The lowest BCUT2D eigenvalue weighted by atomic mass is 10.2. The number of benzene rings is 2. The third-order valence-corrected chi connectivity index (χ3v) is 3.53. The van der Waals surface area contributed by atoms with E-state index < -0.39 is 11.8 Å². The van der Waals surface area contributed by atoms with Crippen molar-refractivity contribution in [2.75, 3.05) is 5.32 Å². The monoisotopic (exact) mass is 349 g/mol. The summed E-state index contributed by atoms with van der Waals surface area (Å²) in [7, 11) is 0. The first-order valence-corrected chi connectivity index (χ1v) is 7.38. The van der Waals surface area contributed by atoms with Crippen LogP contribution in [0, 0.1) is 6.92 Å². The molecular formula is C16H13Cl2N3O2. The van der Waals surface area contributed by atoms with Gasteiger partial charge in [-0.25, -0.2) is 5.43 Å². The average Bonchev–Trinajstić information content (AvgIpc) is 2.52. The molecule has 0 aliphatic carbocycles. The average molecular weight is 350 g/mol. The standard InChI is InChI=1S/C16H13Cl2N3O2/c1-10-5-7-11(8-6-10)20-15(22)16(23)21-19-9-12-13(17)3-2-4-14(12)18/h2-9H,1H3,(H,20,22)(H,21,23)/b19-9-. The summed E-state index contributed by atoms with van der Waals surface area (Å²) in [6.45, 7) is 1.92. The van der Waals surface area contributed by atoms with Gasteiger partial charge in [0.15, 0.2) is 0 Å². The number of carbonyl (C=O) groups is 2. The summed E-state index contributed by atoms with van der Waals surface area (Å²) in [5, 5.41) is 6.93. The van der Waals surface area contributed by atoms with E-state index in [-0.39, 0.29) is 0 Å². The summed E-state index contributed by atoms with van der Waals surface area (Å²) in [6, 6.07) is 12.0. The van der Waals surface area contributed by atoms with Crippen LogP contribution in [0.4, 0.5) is 5.69 Å². The summed E-state index contributed by atoms with van der Waals surface area (Å²) in [5.74, 6) is -1.72. The molecule has 2 rings (SSSR count). The Morgan fingerprint density at radius 1 is 1.00 bits per heavy atom. The molecule has 2 N–H and O–H groups in total. The third kappa shape index (κ3) is 4.81. The van der Waals surface area contributed by atoms with Gasteiger partial charge in [-0.05, 0) is 31.2 Å². The van der Waals surface area contributed by atoms with E-state index in [4.69, 9.17) is 23.2 Å². The van der Waals surface area contributed by atoms with Gasteiger partial charge < -0.3 is 5.32 Å². The minimum atomic E-state index is -0.898. The van der Waals surface area contributed by atoms with Crippen LogP contribution in [0.2, 0.25) is 10.0 Å². The van der Waals surface area contributed by atoms with Gasteiger partial charge in [0, 0.05) is 11.3 Å². The number of hydrogen-bond acceptors (Lipinski definition) is 3. The molecule has 5 nitrogen and oxygen atoms in total. The number of nitrogens with zero attached hydrogens (tertiary/aromatic N) is 1. The van der Waals surface area contributed by atoms with E-state index in [0.717, 1.165) is 5.56 Å². The number of hydrogen-bond donors (Lipinski definition) is 2. The molecule has 0 atom stereocenters. The van der Waals surface area contributed by atoms with Crippen LogP contribution in [0.25, 0.3) is 0 Å². The van der Waals surface area contributed by atoms with Crippen LogP contribution in [-0.2, 0) is 9.59 Å². The molecule has 0 aliphatic heterocycles. The first-order chi connectivity index (χ1) is 11.0. The molecule has 2 amide bonds. The molecule has 2 aromatic carbocycles. The molecule has 23 heavy (non-hydrogen) atoms. The highest BCUT2D eigenvalue weighted by molar-refractivity contribution is 6.40. The molecular weight excluding hydrogens is 337 g/mol. The highest BCUT2D eigenvalue weighted by Crippen LogP contribution is 2.21. The molecule has 7 heteroatoms. The van der Waals surface area contributed by atoms with Crippen molar-refractivity contribution in [1.82, 2.24) is 5.43 Å². The maximum Gasteiger partial charge on any atom is 0.329 e. The Morgan fingerprint density at radius 2 is 1.61 bits per heavy atom. The van der Waals surface area contributed by atoms with Crippen molar-refractivity contribution < 1.29 is 9.59 Å². The van der Waals surface area contributed by atoms with Crippen LogP contribution in [0.15, 0.2) is 47.6 Å². The number of amides is 2. The first kappa shape index (κ1) is 17.0. The number of carbonyl (C=O) groups excluding carboxylic acids is 2. The van der Waals surface area contributed by atoms with Crippen molar-refractivity contribution in [3.63, 3.8) is 0 Å². The molecule has 0 aromatic heterocycles. The fraction of sp³-hybridized carbons (Fsp3) is 0.0625. The van der Waals surface area contributed by atoms with Crippen LogP contribution in [-0.4, -0.2) is 18.0 Å². The predicted molar refractivity (Wildman–Crippen MR) is 92.0 cm³/mol. The molecule has 0 bridgehead atoms. The third-order valence-electron chi connectivity index (χ3n) is 2.88. The second-order valence-corrected chi connectivity index (χ2v) is 5.47. The van der Waals surface area contributed by atoms with Gasteiger partial charge in [0.2, 0.25) is 0 Å². The molecule has 0 fully saturated rings. The minimum absolute atomic E-state index is 0.389. The minimum Gasteiger partial charge on any atom is -0.318 e. The van der Waals surface area contributed by atoms with Crippen LogP contribution in [0.1, 0.15) is 11.1 Å². The fourth-order valence-electron chi connectivity index (χ4n) is 1.67. The lowest BCUT2D eigenvalue weighted by molar-refractivity contribution is -0.136. The molecule has 0 aliphatic rings. The quantitative estimate of drug-likeness (QED) is 0.506. The SMILES string of the molecule is Cc1ccc(NC(=O)C(=O)N/N=C\c2c(Cl)cccc2Cl)cc1. The summed E-state index contributed by atoms with van der Waals surface area (Å²) in [6.07, 6.45) is 1.28. The van der Waals surface area contributed by atoms with E-state index in [1.54, 1.807) is 30.3 Å². The van der Waals surface area contributed by atoms with Gasteiger partial charge in [0.25, 0.3) is 0 Å². The second-order valence-electron chi connectivity index (χ2n) is 4.65. The van der Waals surface area contributed by atoms with Gasteiger partial charge in [-0.1, -0.05) is 47.0 Å². The lowest BCUT2D eigenvalue weighted by Crippen LogP contribution is -2.32. The van der Waals surface area contributed by atoms with Crippen molar-refractivity contribution in [3.05, 3.63) is 63.6 Å². The summed E-state index contributed by atoms with van der Waals surface area (Å²) >= 11 is 11.9. The van der Waals surface area contributed by atoms with Crippen molar-refractivity contribution in [2.24, 2.45) is 5.10 Å². The van der Waals surface area contributed by atoms with Crippen LogP contribution < -0.4 is 10.7 Å². The highest BCUT2D eigenvalue weighted by atomic mass is 35.5. The molecule has 0 saturated heterocycles. The molecule has 118 valence electrons. The molecule has 0 unspecified atom stereocenters. The molecule has 0 saturated carbocycles. The van der Waals surface area contributed by atoms with E-state index in [9.17, 15) is 9.59 Å². The largest absolute Gasteiger partial charge is 0.329 e. The Morgan fingerprint density at radius 3 is 2.22 bits per heavy atom. The Bertz CT molecular complexity index is 738. The number of nitrogens with one attached hydrogen (secondary N) is 2. The zero-order valence-electron chi connectivity index (χ0n) is 12.1. The zero-order chi connectivity index (χ0) is 16.8. The number of halogens is 2. The smallest absolute Gasteiger partial charge is 0.318 e. The van der Waals surface area contributed by atoms with Gasteiger partial charge in [-0.2, -0.15) is 5.10 Å². The number of rotatable bonds is 3. The molecule has 0 heterocycles. The topological polar surface area (TPSA) is 70.6 Å². The van der Waals surface area contributed by atoms with E-state index in [1.807, 2.05) is 19.1 Å². The Balaban J connectivity index is 1.95. The second kappa shape index (κ2) is 7.76. The number of aryl methyl sites for hydroxylation is 1. The van der Waals surface area contributed by atoms with Crippen molar-refractivity contribution in [1.29, 1.82) is 0 Å². The van der Waals surface area contributed by atoms with E-state index in [2.05, 4.69) is 15.8 Å². The van der Waals surface area contributed by atoms with Crippen LogP contribution in [0.3, 0.4) is 0 Å². The maximum atomic E-state index is 11.7. The van der Waals surface area contributed by atoms with Gasteiger partial charge in [-0.15, -0.1) is 0 Å². The normalized spacial score (nSPS) is 10.6. The molecule has 2 aromatic rings. The zero-order valence-corrected chi connectivity index (χ0v) is 13.7. The van der Waals surface area contributed by atoms with E-state index in [0.29, 0.717) is 21.3 Å². The van der Waals surface area contributed by atoms with Crippen molar-refractivity contribution >= 4 is 46.9 Å². The van der Waals surface area contributed by atoms with Gasteiger partial charge in [-0.3, -0.25) is 9.59 Å². The van der Waals surface area contributed by atoms with Gasteiger partial charge in [0.05, 0.1) is 16.3 Å².